The van der Waals surface area contributed by atoms with Crippen LogP contribution in [0.25, 0.3) is 17.0 Å². The summed E-state index contributed by atoms with van der Waals surface area (Å²) in [4.78, 5) is 11.0. The minimum absolute atomic E-state index is 0.175. The van der Waals surface area contributed by atoms with E-state index >= 15 is 0 Å². The third kappa shape index (κ3) is 1.64. The van der Waals surface area contributed by atoms with E-state index in [2.05, 4.69) is 0 Å². The molecule has 2 rings (SSSR count). The van der Waals surface area contributed by atoms with E-state index in [4.69, 9.17) is 4.42 Å². The summed E-state index contributed by atoms with van der Waals surface area (Å²) in [6, 6.07) is 6.09. The molecule has 0 unspecified atom stereocenters. The number of rotatable bonds is 1. The van der Waals surface area contributed by atoms with Gasteiger partial charge in [0.05, 0.1) is 0 Å². The van der Waals surface area contributed by atoms with Crippen LogP contribution >= 0.6 is 0 Å². The average molecular weight is 202 g/mol. The first kappa shape index (κ1) is 9.52. The van der Waals surface area contributed by atoms with Crippen LogP contribution < -0.4 is 5.63 Å². The zero-order chi connectivity index (χ0) is 10.8. The van der Waals surface area contributed by atoms with E-state index in [-0.39, 0.29) is 11.4 Å². The molecule has 1 aromatic carbocycles. The highest BCUT2D eigenvalue weighted by Crippen LogP contribution is 2.27. The van der Waals surface area contributed by atoms with Crippen molar-refractivity contribution in [3.63, 3.8) is 0 Å². The molecule has 0 spiro atoms. The van der Waals surface area contributed by atoms with Gasteiger partial charge in [-0.05, 0) is 25.1 Å². The lowest BCUT2D eigenvalue weighted by Gasteiger charge is -2.03. The van der Waals surface area contributed by atoms with Gasteiger partial charge in [-0.1, -0.05) is 12.2 Å². The van der Waals surface area contributed by atoms with Gasteiger partial charge in [0.25, 0.3) is 0 Å². The van der Waals surface area contributed by atoms with Gasteiger partial charge in [0, 0.05) is 17.0 Å². The van der Waals surface area contributed by atoms with Crippen LogP contribution in [-0.2, 0) is 0 Å². The largest absolute Gasteiger partial charge is 0.507 e. The van der Waals surface area contributed by atoms with Crippen molar-refractivity contribution in [2.45, 2.75) is 6.92 Å². The highest BCUT2D eigenvalue weighted by Gasteiger charge is 2.05. The van der Waals surface area contributed by atoms with Crippen LogP contribution in [0.5, 0.6) is 5.75 Å². The summed E-state index contributed by atoms with van der Waals surface area (Å²) < 4.78 is 5.00. The predicted molar refractivity (Wildman–Crippen MR) is 58.9 cm³/mol. The van der Waals surface area contributed by atoms with E-state index in [9.17, 15) is 9.90 Å². The zero-order valence-electron chi connectivity index (χ0n) is 8.23. The van der Waals surface area contributed by atoms with Gasteiger partial charge in [-0.15, -0.1) is 0 Å². The van der Waals surface area contributed by atoms with E-state index in [0.717, 1.165) is 5.39 Å². The summed E-state index contributed by atoms with van der Waals surface area (Å²) in [5, 5.41) is 10.4. The van der Waals surface area contributed by atoms with Crippen molar-refractivity contribution in [3.05, 3.63) is 46.3 Å². The normalized spacial score (nSPS) is 11.3. The van der Waals surface area contributed by atoms with Gasteiger partial charge in [0.15, 0.2) is 0 Å². The van der Waals surface area contributed by atoms with E-state index in [1.54, 1.807) is 18.2 Å². The van der Waals surface area contributed by atoms with Crippen LogP contribution in [0, 0.1) is 0 Å². The van der Waals surface area contributed by atoms with E-state index in [0.29, 0.717) is 11.1 Å². The quantitative estimate of drug-likeness (QED) is 0.723. The first-order valence-electron chi connectivity index (χ1n) is 4.61. The predicted octanol–water partition coefficient (Wildman–Crippen LogP) is 2.53. The maximum atomic E-state index is 11.0. The van der Waals surface area contributed by atoms with Crippen LogP contribution in [-0.4, -0.2) is 5.11 Å². The lowest BCUT2D eigenvalue weighted by molar-refractivity contribution is 0.474. The van der Waals surface area contributed by atoms with Gasteiger partial charge in [0.1, 0.15) is 11.3 Å². The van der Waals surface area contributed by atoms with Crippen LogP contribution in [0.1, 0.15) is 12.5 Å². The van der Waals surface area contributed by atoms with Crippen molar-refractivity contribution in [2.24, 2.45) is 0 Å². The SMILES string of the molecule is CC=Cc1c(O)ccc2oc(=O)ccc12. The molecule has 0 aliphatic heterocycles. The summed E-state index contributed by atoms with van der Waals surface area (Å²) in [7, 11) is 0. The second kappa shape index (κ2) is 3.61. The minimum Gasteiger partial charge on any atom is -0.507 e. The monoisotopic (exact) mass is 202 g/mol. The lowest BCUT2D eigenvalue weighted by Crippen LogP contribution is -1.95. The van der Waals surface area contributed by atoms with E-state index < -0.39 is 0 Å². The molecule has 3 heteroatoms. The minimum atomic E-state index is -0.389. The molecule has 0 saturated heterocycles. The Morgan fingerprint density at radius 3 is 2.80 bits per heavy atom. The Morgan fingerprint density at radius 1 is 1.27 bits per heavy atom. The topological polar surface area (TPSA) is 50.4 Å². The highest BCUT2D eigenvalue weighted by atomic mass is 16.4. The number of allylic oxidation sites excluding steroid dienone is 1. The van der Waals surface area contributed by atoms with Gasteiger partial charge < -0.3 is 9.52 Å². The van der Waals surface area contributed by atoms with Crippen LogP contribution in [0.4, 0.5) is 0 Å². The number of hydrogen-bond donors (Lipinski definition) is 1. The van der Waals surface area contributed by atoms with Crippen molar-refractivity contribution >= 4 is 17.0 Å². The van der Waals surface area contributed by atoms with Crippen LogP contribution in [0.3, 0.4) is 0 Å². The molecule has 3 nitrogen and oxygen atoms in total. The summed E-state index contributed by atoms with van der Waals surface area (Å²) >= 11 is 0. The third-order valence-corrected chi connectivity index (χ3v) is 2.15. The average Bonchev–Trinajstić information content (AvgIpc) is 2.22. The zero-order valence-corrected chi connectivity index (χ0v) is 8.23. The molecule has 1 aromatic heterocycles. The Bertz CT molecular complexity index is 579. The number of phenolic OH excluding ortho intramolecular Hbond substituents is 1. The Kier molecular flexibility index (Phi) is 2.29. The Balaban J connectivity index is 2.87. The van der Waals surface area contributed by atoms with E-state index in [1.807, 2.05) is 13.0 Å². The van der Waals surface area contributed by atoms with Crippen LogP contribution in [0.2, 0.25) is 0 Å². The summed E-state index contributed by atoms with van der Waals surface area (Å²) in [6.45, 7) is 1.86. The maximum Gasteiger partial charge on any atom is 0.336 e. The summed E-state index contributed by atoms with van der Waals surface area (Å²) in [5.41, 5.74) is 0.756. The van der Waals surface area contributed by atoms with Crippen molar-refractivity contribution in [1.29, 1.82) is 0 Å². The molecular formula is C12H10O3. The molecule has 1 N–H and O–H groups in total. The summed E-state index contributed by atoms with van der Waals surface area (Å²) in [5.74, 6) is 0.175. The molecule has 2 aromatic rings. The summed E-state index contributed by atoms with van der Waals surface area (Å²) in [6.07, 6.45) is 3.59. The number of fused-ring (bicyclic) bond motifs is 1. The molecule has 0 atom stereocenters. The second-order valence-electron chi connectivity index (χ2n) is 3.16. The first-order valence-corrected chi connectivity index (χ1v) is 4.61. The molecule has 0 saturated carbocycles. The molecule has 0 amide bonds. The van der Waals surface area contributed by atoms with Crippen molar-refractivity contribution in [1.82, 2.24) is 0 Å². The number of phenols is 1. The molecule has 0 aliphatic carbocycles. The fourth-order valence-corrected chi connectivity index (χ4v) is 1.50. The number of benzene rings is 1. The number of aromatic hydroxyl groups is 1. The van der Waals surface area contributed by atoms with Gasteiger partial charge in [0.2, 0.25) is 0 Å². The van der Waals surface area contributed by atoms with Crippen molar-refractivity contribution < 1.29 is 9.52 Å². The Hall–Kier alpha value is -2.03. The highest BCUT2D eigenvalue weighted by molar-refractivity contribution is 5.89. The smallest absolute Gasteiger partial charge is 0.336 e. The van der Waals surface area contributed by atoms with Crippen LogP contribution in [0.15, 0.2) is 39.6 Å². The van der Waals surface area contributed by atoms with Gasteiger partial charge in [-0.3, -0.25) is 0 Å². The van der Waals surface area contributed by atoms with Crippen molar-refractivity contribution in [3.8, 4) is 5.75 Å². The first-order chi connectivity index (χ1) is 7.22. The van der Waals surface area contributed by atoms with E-state index in [1.165, 1.54) is 12.1 Å². The standard InChI is InChI=1S/C12H10O3/c1-2-3-8-9-4-7-12(14)15-11(9)6-5-10(8)13/h2-7,13H,1H3. The lowest BCUT2D eigenvalue weighted by atomic mass is 10.1. The fourth-order valence-electron chi connectivity index (χ4n) is 1.50. The number of hydrogen-bond acceptors (Lipinski definition) is 3. The molecular weight excluding hydrogens is 192 g/mol. The molecule has 0 fully saturated rings. The van der Waals surface area contributed by atoms with Gasteiger partial charge >= 0.3 is 5.63 Å². The fraction of sp³-hybridized carbons (Fsp3) is 0.0833. The maximum absolute atomic E-state index is 11.0. The van der Waals surface area contributed by atoms with Gasteiger partial charge in [-0.25, -0.2) is 4.79 Å². The van der Waals surface area contributed by atoms with Gasteiger partial charge in [-0.2, -0.15) is 0 Å². The molecule has 1 heterocycles. The molecule has 15 heavy (non-hydrogen) atoms. The molecule has 0 radical (unpaired) electrons. The molecule has 0 bridgehead atoms. The molecule has 0 aliphatic rings. The Morgan fingerprint density at radius 2 is 2.07 bits per heavy atom. The van der Waals surface area contributed by atoms with Crippen molar-refractivity contribution in [2.75, 3.05) is 0 Å². The Labute approximate surface area is 86.3 Å². The second-order valence-corrected chi connectivity index (χ2v) is 3.16. The molecule has 76 valence electrons. The third-order valence-electron chi connectivity index (χ3n) is 2.15.